The monoisotopic (exact) mass is 336 g/mol. The standard InChI is InChI=1S/C16H17FN2O5/c1-9(2)12-7-13(24-19-12)15(20)18-8-14(16(21)22)23-11-5-3-10(17)4-6-11/h3-7,9,14H,8H2,1-2H3,(H,18,20)(H,21,22). The number of carboxylic acid groups (broad SMARTS) is 1. The van der Waals surface area contributed by atoms with E-state index in [1.54, 1.807) is 0 Å². The number of amides is 1. The number of hydrogen-bond acceptors (Lipinski definition) is 5. The molecule has 2 aromatic rings. The number of carboxylic acids is 1. The van der Waals surface area contributed by atoms with Crippen LogP contribution in [0.5, 0.6) is 5.75 Å². The zero-order valence-corrected chi connectivity index (χ0v) is 13.2. The van der Waals surface area contributed by atoms with Gasteiger partial charge in [0, 0.05) is 6.07 Å². The smallest absolute Gasteiger partial charge is 0.346 e. The van der Waals surface area contributed by atoms with Crippen LogP contribution in [0.2, 0.25) is 0 Å². The third-order valence-electron chi connectivity index (χ3n) is 3.16. The minimum absolute atomic E-state index is 0.00961. The number of benzene rings is 1. The van der Waals surface area contributed by atoms with Gasteiger partial charge >= 0.3 is 5.97 Å². The second-order valence-corrected chi connectivity index (χ2v) is 5.38. The highest BCUT2D eigenvalue weighted by atomic mass is 19.1. The summed E-state index contributed by atoms with van der Waals surface area (Å²) in [6.07, 6.45) is -1.33. The molecule has 0 spiro atoms. The van der Waals surface area contributed by atoms with Crippen LogP contribution >= 0.6 is 0 Å². The molecule has 1 aromatic carbocycles. The largest absolute Gasteiger partial charge is 0.478 e. The highest BCUT2D eigenvalue weighted by molar-refractivity contribution is 5.91. The zero-order valence-electron chi connectivity index (χ0n) is 13.2. The lowest BCUT2D eigenvalue weighted by molar-refractivity contribution is -0.144. The summed E-state index contributed by atoms with van der Waals surface area (Å²) in [5.41, 5.74) is 0.623. The first-order valence-electron chi connectivity index (χ1n) is 7.26. The molecule has 0 saturated heterocycles. The van der Waals surface area contributed by atoms with Gasteiger partial charge in [-0.05, 0) is 30.2 Å². The summed E-state index contributed by atoms with van der Waals surface area (Å²) >= 11 is 0. The number of aliphatic carboxylic acids is 1. The van der Waals surface area contributed by atoms with Crippen LogP contribution in [0.4, 0.5) is 4.39 Å². The molecule has 24 heavy (non-hydrogen) atoms. The van der Waals surface area contributed by atoms with Crippen LogP contribution in [0.1, 0.15) is 36.0 Å². The van der Waals surface area contributed by atoms with E-state index in [0.29, 0.717) is 5.69 Å². The number of nitrogens with one attached hydrogen (secondary N) is 1. The van der Waals surface area contributed by atoms with Crippen molar-refractivity contribution in [3.63, 3.8) is 0 Å². The third kappa shape index (κ3) is 4.55. The summed E-state index contributed by atoms with van der Waals surface area (Å²) in [5, 5.41) is 15.3. The van der Waals surface area contributed by atoms with Crippen molar-refractivity contribution in [2.24, 2.45) is 0 Å². The zero-order chi connectivity index (χ0) is 17.7. The molecule has 128 valence electrons. The molecule has 0 bridgehead atoms. The first-order valence-corrected chi connectivity index (χ1v) is 7.26. The Bertz CT molecular complexity index is 712. The van der Waals surface area contributed by atoms with Crippen LogP contribution in [-0.2, 0) is 4.79 Å². The van der Waals surface area contributed by atoms with Gasteiger partial charge in [0.1, 0.15) is 11.6 Å². The Labute approximate surface area is 137 Å². The summed E-state index contributed by atoms with van der Waals surface area (Å²) in [6.45, 7) is 3.51. The maximum atomic E-state index is 12.8. The molecular weight excluding hydrogens is 319 g/mol. The minimum atomic E-state index is -1.33. The fourth-order valence-corrected chi connectivity index (χ4v) is 1.80. The number of nitrogens with zero attached hydrogens (tertiary/aromatic N) is 1. The Morgan fingerprint density at radius 2 is 2.00 bits per heavy atom. The van der Waals surface area contributed by atoms with Gasteiger partial charge in [0.25, 0.3) is 5.91 Å². The fourth-order valence-electron chi connectivity index (χ4n) is 1.80. The van der Waals surface area contributed by atoms with Gasteiger partial charge < -0.3 is 19.7 Å². The molecular formula is C16H17FN2O5. The van der Waals surface area contributed by atoms with Crippen LogP contribution in [0.15, 0.2) is 34.9 Å². The van der Waals surface area contributed by atoms with Crippen molar-refractivity contribution in [1.29, 1.82) is 0 Å². The van der Waals surface area contributed by atoms with Gasteiger partial charge in [0.15, 0.2) is 0 Å². The molecule has 0 radical (unpaired) electrons. The molecule has 1 atom stereocenters. The average molecular weight is 336 g/mol. The van der Waals surface area contributed by atoms with E-state index in [4.69, 9.17) is 14.4 Å². The van der Waals surface area contributed by atoms with Gasteiger partial charge in [-0.1, -0.05) is 19.0 Å². The topological polar surface area (TPSA) is 102 Å². The van der Waals surface area contributed by atoms with Gasteiger partial charge in [0.05, 0.1) is 12.2 Å². The average Bonchev–Trinajstić information content (AvgIpc) is 3.03. The van der Waals surface area contributed by atoms with Crippen LogP contribution in [0.3, 0.4) is 0 Å². The summed E-state index contributed by atoms with van der Waals surface area (Å²) in [4.78, 5) is 23.2. The normalized spacial score (nSPS) is 12.0. The van der Waals surface area contributed by atoms with Crippen molar-refractivity contribution in [2.45, 2.75) is 25.9 Å². The number of carbonyl (C=O) groups is 2. The molecule has 0 aliphatic heterocycles. The van der Waals surface area contributed by atoms with E-state index in [1.165, 1.54) is 18.2 Å². The van der Waals surface area contributed by atoms with Gasteiger partial charge in [-0.3, -0.25) is 4.79 Å². The van der Waals surface area contributed by atoms with Crippen LogP contribution in [0.25, 0.3) is 0 Å². The van der Waals surface area contributed by atoms with E-state index in [2.05, 4.69) is 10.5 Å². The Balaban J connectivity index is 1.96. The minimum Gasteiger partial charge on any atom is -0.478 e. The SMILES string of the molecule is CC(C)c1cc(C(=O)NCC(Oc2ccc(F)cc2)C(=O)O)on1. The molecule has 0 aliphatic rings. The van der Waals surface area contributed by atoms with Crippen LogP contribution in [0, 0.1) is 5.82 Å². The Kier molecular flexibility index (Phi) is 5.51. The molecule has 2 N–H and O–H groups in total. The number of aromatic nitrogens is 1. The molecule has 0 aliphatic carbocycles. The lowest BCUT2D eigenvalue weighted by atomic mass is 10.1. The fraction of sp³-hybridized carbons (Fsp3) is 0.312. The highest BCUT2D eigenvalue weighted by Crippen LogP contribution is 2.15. The molecule has 0 saturated carbocycles. The van der Waals surface area contributed by atoms with Gasteiger partial charge in [0.2, 0.25) is 11.9 Å². The number of rotatable bonds is 7. The van der Waals surface area contributed by atoms with E-state index < -0.39 is 23.8 Å². The Morgan fingerprint density at radius 1 is 1.33 bits per heavy atom. The van der Waals surface area contributed by atoms with E-state index in [-0.39, 0.29) is 24.0 Å². The van der Waals surface area contributed by atoms with E-state index in [9.17, 15) is 14.0 Å². The van der Waals surface area contributed by atoms with E-state index in [1.807, 2.05) is 13.8 Å². The number of carbonyl (C=O) groups excluding carboxylic acids is 1. The highest BCUT2D eigenvalue weighted by Gasteiger charge is 2.22. The van der Waals surface area contributed by atoms with Crippen LogP contribution < -0.4 is 10.1 Å². The summed E-state index contributed by atoms with van der Waals surface area (Å²) < 4.78 is 23.0. The number of ether oxygens (including phenoxy) is 1. The molecule has 7 nitrogen and oxygen atoms in total. The van der Waals surface area contributed by atoms with E-state index in [0.717, 1.165) is 12.1 Å². The first-order chi connectivity index (χ1) is 11.4. The second kappa shape index (κ2) is 7.58. The van der Waals surface area contributed by atoms with Gasteiger partial charge in [-0.15, -0.1) is 0 Å². The van der Waals surface area contributed by atoms with Crippen molar-refractivity contribution in [2.75, 3.05) is 6.54 Å². The summed E-state index contributed by atoms with van der Waals surface area (Å²) in [7, 11) is 0. The van der Waals surface area contributed by atoms with Crippen molar-refractivity contribution in [3.8, 4) is 5.75 Å². The van der Waals surface area contributed by atoms with Crippen molar-refractivity contribution >= 4 is 11.9 Å². The number of hydrogen-bond donors (Lipinski definition) is 2. The molecule has 8 heteroatoms. The second-order valence-electron chi connectivity index (χ2n) is 5.38. The third-order valence-corrected chi connectivity index (χ3v) is 3.16. The lowest BCUT2D eigenvalue weighted by Gasteiger charge is -2.15. The molecule has 0 fully saturated rings. The lowest BCUT2D eigenvalue weighted by Crippen LogP contribution is -2.40. The maximum Gasteiger partial charge on any atom is 0.346 e. The molecule has 1 aromatic heterocycles. The predicted octanol–water partition coefficient (Wildman–Crippen LogP) is 2.20. The first kappa shape index (κ1) is 17.5. The number of halogens is 1. The van der Waals surface area contributed by atoms with Crippen molar-refractivity contribution < 1.29 is 28.3 Å². The Morgan fingerprint density at radius 3 is 2.54 bits per heavy atom. The van der Waals surface area contributed by atoms with Crippen molar-refractivity contribution in [1.82, 2.24) is 10.5 Å². The van der Waals surface area contributed by atoms with E-state index >= 15 is 0 Å². The van der Waals surface area contributed by atoms with Gasteiger partial charge in [-0.25, -0.2) is 9.18 Å². The predicted molar refractivity (Wildman–Crippen MR) is 81.4 cm³/mol. The Hall–Kier alpha value is -2.90. The summed E-state index contributed by atoms with van der Waals surface area (Å²) in [6, 6.07) is 6.40. The molecule has 1 amide bonds. The van der Waals surface area contributed by atoms with Crippen LogP contribution in [-0.4, -0.2) is 34.8 Å². The molecule has 2 rings (SSSR count). The van der Waals surface area contributed by atoms with Crippen molar-refractivity contribution in [3.05, 3.63) is 47.6 Å². The molecule has 1 unspecified atom stereocenters. The summed E-state index contributed by atoms with van der Waals surface area (Å²) in [5.74, 6) is -2.05. The molecule has 1 heterocycles. The quantitative estimate of drug-likeness (QED) is 0.804. The maximum absolute atomic E-state index is 12.8. The van der Waals surface area contributed by atoms with Gasteiger partial charge in [-0.2, -0.15) is 0 Å².